The van der Waals surface area contributed by atoms with Crippen LogP contribution < -0.4 is 0 Å². The van der Waals surface area contributed by atoms with E-state index < -0.39 is 0 Å². The SMILES string of the molecule is Cc1nn(-c2ccc(-c3ccc(C=O)o3)cc2)c(C)c1Cl. The lowest BCUT2D eigenvalue weighted by atomic mass is 10.1. The Balaban J connectivity index is 1.97. The van der Waals surface area contributed by atoms with E-state index in [0.717, 1.165) is 22.6 Å². The average Bonchev–Trinajstić information content (AvgIpc) is 3.08. The molecule has 0 radical (unpaired) electrons. The lowest BCUT2D eigenvalue weighted by Crippen LogP contribution is -1.98. The zero-order valence-electron chi connectivity index (χ0n) is 11.6. The zero-order valence-corrected chi connectivity index (χ0v) is 12.4. The second kappa shape index (κ2) is 5.22. The lowest BCUT2D eigenvalue weighted by Gasteiger charge is -2.05. The van der Waals surface area contributed by atoms with Gasteiger partial charge in [0.25, 0.3) is 0 Å². The highest BCUT2D eigenvalue weighted by Crippen LogP contribution is 2.25. The molecule has 3 rings (SSSR count). The molecule has 0 saturated heterocycles. The topological polar surface area (TPSA) is 48.0 Å². The van der Waals surface area contributed by atoms with Crippen LogP contribution in [-0.2, 0) is 0 Å². The van der Waals surface area contributed by atoms with Crippen LogP contribution in [-0.4, -0.2) is 16.1 Å². The number of carbonyl (C=O) groups excluding carboxylic acids is 1. The van der Waals surface area contributed by atoms with Crippen molar-refractivity contribution >= 4 is 17.9 Å². The number of hydrogen-bond donors (Lipinski definition) is 0. The molecular formula is C16H13ClN2O2. The number of furan rings is 1. The molecule has 5 heteroatoms. The Morgan fingerprint density at radius 2 is 1.86 bits per heavy atom. The van der Waals surface area contributed by atoms with Crippen LogP contribution in [0.25, 0.3) is 17.0 Å². The van der Waals surface area contributed by atoms with Gasteiger partial charge in [-0.2, -0.15) is 5.10 Å². The summed E-state index contributed by atoms with van der Waals surface area (Å²) in [5.41, 5.74) is 3.54. The molecule has 0 fully saturated rings. The molecule has 106 valence electrons. The molecule has 0 aliphatic rings. The molecule has 0 aliphatic heterocycles. The van der Waals surface area contributed by atoms with Gasteiger partial charge in [-0.05, 0) is 50.2 Å². The molecule has 1 aromatic carbocycles. The fraction of sp³-hybridized carbons (Fsp3) is 0.125. The first-order valence-corrected chi connectivity index (χ1v) is 6.85. The predicted molar refractivity (Wildman–Crippen MR) is 81.1 cm³/mol. The highest BCUT2D eigenvalue weighted by atomic mass is 35.5. The van der Waals surface area contributed by atoms with Crippen molar-refractivity contribution in [3.05, 3.63) is 58.6 Å². The molecule has 21 heavy (non-hydrogen) atoms. The van der Waals surface area contributed by atoms with E-state index in [2.05, 4.69) is 5.10 Å². The van der Waals surface area contributed by atoms with Gasteiger partial charge in [-0.1, -0.05) is 11.6 Å². The molecule has 0 bridgehead atoms. The van der Waals surface area contributed by atoms with Gasteiger partial charge in [0, 0.05) is 5.56 Å². The fourth-order valence-corrected chi connectivity index (χ4v) is 2.33. The fourth-order valence-electron chi connectivity index (χ4n) is 2.21. The van der Waals surface area contributed by atoms with Crippen LogP contribution in [0, 0.1) is 13.8 Å². The summed E-state index contributed by atoms with van der Waals surface area (Å²) in [6.45, 7) is 3.81. The van der Waals surface area contributed by atoms with Crippen molar-refractivity contribution in [2.75, 3.05) is 0 Å². The van der Waals surface area contributed by atoms with E-state index in [4.69, 9.17) is 16.0 Å². The van der Waals surface area contributed by atoms with Crippen LogP contribution in [0.4, 0.5) is 0 Å². The van der Waals surface area contributed by atoms with Crippen LogP contribution in [0.2, 0.25) is 5.02 Å². The van der Waals surface area contributed by atoms with Gasteiger partial charge in [0.05, 0.1) is 22.1 Å². The van der Waals surface area contributed by atoms with Gasteiger partial charge < -0.3 is 4.42 Å². The van der Waals surface area contributed by atoms with E-state index in [9.17, 15) is 4.79 Å². The number of aryl methyl sites for hydroxylation is 1. The molecule has 2 heterocycles. The molecule has 3 aromatic rings. The predicted octanol–water partition coefficient (Wildman–Crippen LogP) is 4.22. The minimum absolute atomic E-state index is 0.319. The number of nitrogens with zero attached hydrogens (tertiary/aromatic N) is 2. The van der Waals surface area contributed by atoms with Crippen LogP contribution in [0.3, 0.4) is 0 Å². The quantitative estimate of drug-likeness (QED) is 0.681. The number of aldehydes is 1. The normalized spacial score (nSPS) is 10.8. The summed E-state index contributed by atoms with van der Waals surface area (Å²) in [4.78, 5) is 10.6. The van der Waals surface area contributed by atoms with Gasteiger partial charge in [0.15, 0.2) is 12.0 Å². The molecule has 0 amide bonds. The van der Waals surface area contributed by atoms with E-state index in [1.807, 2.05) is 38.1 Å². The van der Waals surface area contributed by atoms with Gasteiger partial charge in [-0.25, -0.2) is 4.68 Å². The van der Waals surface area contributed by atoms with Crippen LogP contribution in [0.5, 0.6) is 0 Å². The summed E-state index contributed by atoms with van der Waals surface area (Å²) in [6.07, 6.45) is 0.690. The lowest BCUT2D eigenvalue weighted by molar-refractivity contribution is 0.110. The van der Waals surface area contributed by atoms with E-state index >= 15 is 0 Å². The van der Waals surface area contributed by atoms with Crippen LogP contribution >= 0.6 is 11.6 Å². The molecule has 0 aliphatic carbocycles. The third-order valence-corrected chi connectivity index (χ3v) is 3.89. The molecule has 0 spiro atoms. The van der Waals surface area contributed by atoms with E-state index in [-0.39, 0.29) is 0 Å². The largest absolute Gasteiger partial charge is 0.453 e. The van der Waals surface area contributed by atoms with Crippen molar-refractivity contribution in [1.29, 1.82) is 0 Å². The number of benzene rings is 1. The summed E-state index contributed by atoms with van der Waals surface area (Å²) in [5.74, 6) is 0.981. The second-order valence-corrected chi connectivity index (χ2v) is 5.14. The van der Waals surface area contributed by atoms with E-state index in [0.29, 0.717) is 22.8 Å². The van der Waals surface area contributed by atoms with Gasteiger partial charge >= 0.3 is 0 Å². The third kappa shape index (κ3) is 2.38. The van der Waals surface area contributed by atoms with Crippen molar-refractivity contribution in [3.8, 4) is 17.0 Å². The van der Waals surface area contributed by atoms with Gasteiger partial charge in [-0.3, -0.25) is 4.79 Å². The van der Waals surface area contributed by atoms with Gasteiger partial charge in [-0.15, -0.1) is 0 Å². The van der Waals surface area contributed by atoms with Gasteiger partial charge in [0.2, 0.25) is 0 Å². The third-order valence-electron chi connectivity index (χ3n) is 3.34. The first kappa shape index (κ1) is 13.6. The molecule has 0 N–H and O–H groups in total. The van der Waals surface area contributed by atoms with Crippen LogP contribution in [0.1, 0.15) is 21.9 Å². The first-order chi connectivity index (χ1) is 10.1. The Labute approximate surface area is 127 Å². The molecule has 2 aromatic heterocycles. The monoisotopic (exact) mass is 300 g/mol. The Hall–Kier alpha value is -2.33. The maximum atomic E-state index is 10.6. The van der Waals surface area contributed by atoms with Crippen molar-refractivity contribution in [2.24, 2.45) is 0 Å². The number of halogens is 1. The maximum Gasteiger partial charge on any atom is 0.185 e. The average molecular weight is 301 g/mol. The Bertz CT molecular complexity index is 800. The van der Waals surface area contributed by atoms with Crippen molar-refractivity contribution in [2.45, 2.75) is 13.8 Å². The maximum absolute atomic E-state index is 10.6. The number of rotatable bonds is 3. The minimum atomic E-state index is 0.319. The number of aromatic nitrogens is 2. The molecule has 0 saturated carbocycles. The molecular weight excluding hydrogens is 288 g/mol. The molecule has 4 nitrogen and oxygen atoms in total. The number of carbonyl (C=O) groups is 1. The summed E-state index contributed by atoms with van der Waals surface area (Å²) >= 11 is 6.16. The smallest absolute Gasteiger partial charge is 0.185 e. The van der Waals surface area contributed by atoms with E-state index in [1.54, 1.807) is 16.8 Å². The van der Waals surface area contributed by atoms with Crippen molar-refractivity contribution < 1.29 is 9.21 Å². The summed E-state index contributed by atoms with van der Waals surface area (Å²) in [7, 11) is 0. The van der Waals surface area contributed by atoms with Crippen molar-refractivity contribution in [1.82, 2.24) is 9.78 Å². The second-order valence-electron chi connectivity index (χ2n) is 4.76. The Morgan fingerprint density at radius 3 is 2.38 bits per heavy atom. The molecule has 0 unspecified atom stereocenters. The summed E-state index contributed by atoms with van der Waals surface area (Å²) < 4.78 is 7.21. The summed E-state index contributed by atoms with van der Waals surface area (Å²) in [6, 6.07) is 11.2. The molecule has 0 atom stereocenters. The first-order valence-electron chi connectivity index (χ1n) is 6.47. The Kier molecular flexibility index (Phi) is 3.39. The van der Waals surface area contributed by atoms with Crippen LogP contribution in [0.15, 0.2) is 40.8 Å². The van der Waals surface area contributed by atoms with E-state index in [1.165, 1.54) is 0 Å². The highest BCUT2D eigenvalue weighted by molar-refractivity contribution is 6.31. The van der Waals surface area contributed by atoms with Gasteiger partial charge in [0.1, 0.15) is 5.76 Å². The zero-order chi connectivity index (χ0) is 15.0. The highest BCUT2D eigenvalue weighted by Gasteiger charge is 2.11. The minimum Gasteiger partial charge on any atom is -0.453 e. The van der Waals surface area contributed by atoms with Crippen molar-refractivity contribution in [3.63, 3.8) is 0 Å². The number of hydrogen-bond acceptors (Lipinski definition) is 3. The Morgan fingerprint density at radius 1 is 1.14 bits per heavy atom. The summed E-state index contributed by atoms with van der Waals surface area (Å²) in [5, 5.41) is 5.10. The standard InChI is InChI=1S/C16H13ClN2O2/c1-10-16(17)11(2)19(18-10)13-5-3-12(4-6-13)15-8-7-14(9-20)21-15/h3-9H,1-2H3.